The number of carbonyl (C=O) groups is 1. The Bertz CT molecular complexity index is 503. The molecule has 0 heterocycles. The first-order valence-corrected chi connectivity index (χ1v) is 5.46. The lowest BCUT2D eigenvalue weighted by atomic mass is 9.85. The van der Waals surface area contributed by atoms with E-state index >= 15 is 0 Å². The molecule has 0 bridgehead atoms. The molecule has 1 aliphatic rings. The Kier molecular flexibility index (Phi) is 3.15. The van der Waals surface area contributed by atoms with Crippen LogP contribution in [0.4, 0.5) is 13.2 Å². The predicted molar refractivity (Wildman–Crippen MR) is 59.1 cm³/mol. The van der Waals surface area contributed by atoms with Gasteiger partial charge in [-0.3, -0.25) is 4.79 Å². The average Bonchev–Trinajstić information content (AvgIpc) is 2.27. The molecule has 5 heteroatoms. The summed E-state index contributed by atoms with van der Waals surface area (Å²) in [5.41, 5.74) is -0.306. The van der Waals surface area contributed by atoms with E-state index in [2.05, 4.69) is 0 Å². The molecule has 18 heavy (non-hydrogen) atoms. The van der Waals surface area contributed by atoms with Crippen LogP contribution in [0.1, 0.15) is 29.9 Å². The fraction of sp³-hybridized carbons (Fsp3) is 0.308. The van der Waals surface area contributed by atoms with Gasteiger partial charge in [-0.2, -0.15) is 13.2 Å². The fourth-order valence-corrected chi connectivity index (χ4v) is 2.08. The first-order chi connectivity index (χ1) is 8.36. The summed E-state index contributed by atoms with van der Waals surface area (Å²) >= 11 is 0. The molecule has 0 saturated heterocycles. The molecule has 0 aromatic heterocycles. The molecule has 2 rings (SSSR count). The molecule has 1 aromatic rings. The van der Waals surface area contributed by atoms with Crippen LogP contribution >= 0.6 is 0 Å². The molecule has 2 nitrogen and oxygen atoms in total. The number of hydrogen-bond donors (Lipinski definition) is 1. The van der Waals surface area contributed by atoms with Gasteiger partial charge in [0, 0.05) is 18.9 Å². The maximum Gasteiger partial charge on any atom is 0.416 e. The quantitative estimate of drug-likeness (QED) is 0.833. The van der Waals surface area contributed by atoms with Gasteiger partial charge in [0.15, 0.2) is 5.78 Å². The van der Waals surface area contributed by atoms with Crippen molar-refractivity contribution in [3.63, 3.8) is 0 Å². The number of carbonyl (C=O) groups excluding carboxylic acids is 1. The van der Waals surface area contributed by atoms with E-state index in [1.807, 2.05) is 0 Å². The summed E-state index contributed by atoms with van der Waals surface area (Å²) in [6.45, 7) is 0. The van der Waals surface area contributed by atoms with Crippen LogP contribution in [0.2, 0.25) is 0 Å². The second-order valence-electron chi connectivity index (χ2n) is 4.33. The van der Waals surface area contributed by atoms with Crippen molar-refractivity contribution in [2.24, 2.45) is 0 Å². The lowest BCUT2D eigenvalue weighted by Crippen LogP contribution is -2.13. The van der Waals surface area contributed by atoms with Crippen LogP contribution in [0.5, 0.6) is 0 Å². The van der Waals surface area contributed by atoms with Gasteiger partial charge in [0.2, 0.25) is 0 Å². The number of halogens is 3. The highest BCUT2D eigenvalue weighted by Crippen LogP contribution is 2.35. The molecule has 0 radical (unpaired) electrons. The summed E-state index contributed by atoms with van der Waals surface area (Å²) in [5.74, 6) is -0.723. The van der Waals surface area contributed by atoms with Crippen molar-refractivity contribution in [3.05, 3.63) is 47.2 Å². The van der Waals surface area contributed by atoms with Gasteiger partial charge >= 0.3 is 6.18 Å². The Labute approximate surface area is 102 Å². The lowest BCUT2D eigenvalue weighted by molar-refractivity contribution is -0.137. The maximum atomic E-state index is 12.6. The Morgan fingerprint density at radius 3 is 2.56 bits per heavy atom. The predicted octanol–water partition coefficient (Wildman–Crippen LogP) is 3.59. The van der Waals surface area contributed by atoms with Crippen molar-refractivity contribution in [2.75, 3.05) is 0 Å². The van der Waals surface area contributed by atoms with E-state index in [0.29, 0.717) is 5.56 Å². The van der Waals surface area contributed by atoms with Gasteiger partial charge in [-0.15, -0.1) is 0 Å². The Morgan fingerprint density at radius 2 is 1.94 bits per heavy atom. The third-order valence-electron chi connectivity index (χ3n) is 2.92. The van der Waals surface area contributed by atoms with E-state index in [1.54, 1.807) is 6.07 Å². The number of allylic oxidation sites excluding steroid dienone is 2. The van der Waals surface area contributed by atoms with E-state index in [0.717, 1.165) is 18.2 Å². The van der Waals surface area contributed by atoms with Gasteiger partial charge in [0.25, 0.3) is 0 Å². The van der Waals surface area contributed by atoms with Crippen LogP contribution in [0.3, 0.4) is 0 Å². The van der Waals surface area contributed by atoms with Crippen molar-refractivity contribution >= 4 is 5.78 Å². The van der Waals surface area contributed by atoms with Crippen molar-refractivity contribution in [3.8, 4) is 0 Å². The molecule has 0 fully saturated rings. The first-order valence-electron chi connectivity index (χ1n) is 5.46. The number of rotatable bonds is 1. The molecule has 0 saturated carbocycles. The van der Waals surface area contributed by atoms with Crippen LogP contribution < -0.4 is 0 Å². The van der Waals surface area contributed by atoms with E-state index in [4.69, 9.17) is 0 Å². The topological polar surface area (TPSA) is 37.3 Å². The fourth-order valence-electron chi connectivity index (χ4n) is 2.08. The van der Waals surface area contributed by atoms with E-state index in [9.17, 15) is 23.1 Å². The van der Waals surface area contributed by atoms with Gasteiger partial charge in [-0.05, 0) is 17.5 Å². The second-order valence-corrected chi connectivity index (χ2v) is 4.33. The molecule has 1 aromatic carbocycles. The van der Waals surface area contributed by atoms with Gasteiger partial charge in [0.05, 0.1) is 11.3 Å². The summed E-state index contributed by atoms with van der Waals surface area (Å²) in [5, 5.41) is 9.36. The molecule has 0 unspecified atom stereocenters. The third kappa shape index (κ3) is 2.72. The minimum Gasteiger partial charge on any atom is -0.512 e. The molecule has 0 spiro atoms. The highest BCUT2D eigenvalue weighted by molar-refractivity contribution is 5.91. The van der Waals surface area contributed by atoms with Crippen LogP contribution in [-0.2, 0) is 11.0 Å². The average molecular weight is 256 g/mol. The first kappa shape index (κ1) is 12.7. The standard InChI is InChI=1S/C13H11F3O2/c14-13(15,16)10-3-1-2-8(4-10)9-5-11(17)7-12(18)6-9/h1-4,7,9,17H,5-6H2/t9-/m0/s1. The molecule has 0 aliphatic heterocycles. The minimum atomic E-state index is -4.40. The highest BCUT2D eigenvalue weighted by Gasteiger charge is 2.31. The van der Waals surface area contributed by atoms with Crippen LogP contribution in [0.15, 0.2) is 36.1 Å². The zero-order chi connectivity index (χ0) is 13.3. The van der Waals surface area contributed by atoms with Gasteiger partial charge < -0.3 is 5.11 Å². The number of ketones is 1. The molecule has 1 aliphatic carbocycles. The van der Waals surface area contributed by atoms with Gasteiger partial charge in [0.1, 0.15) is 0 Å². The van der Waals surface area contributed by atoms with E-state index in [1.165, 1.54) is 6.07 Å². The molecule has 1 N–H and O–H groups in total. The molecule has 1 atom stereocenters. The number of alkyl halides is 3. The monoisotopic (exact) mass is 256 g/mol. The Hall–Kier alpha value is -1.78. The highest BCUT2D eigenvalue weighted by atomic mass is 19.4. The van der Waals surface area contributed by atoms with Gasteiger partial charge in [-0.25, -0.2) is 0 Å². The van der Waals surface area contributed by atoms with Crippen LogP contribution in [0, 0.1) is 0 Å². The molecular formula is C13H11F3O2. The Balaban J connectivity index is 2.30. The summed E-state index contributed by atoms with van der Waals surface area (Å²) in [4.78, 5) is 11.3. The number of hydrogen-bond acceptors (Lipinski definition) is 2. The van der Waals surface area contributed by atoms with Crippen molar-refractivity contribution < 1.29 is 23.1 Å². The van der Waals surface area contributed by atoms with E-state index in [-0.39, 0.29) is 30.3 Å². The van der Waals surface area contributed by atoms with Gasteiger partial charge in [-0.1, -0.05) is 18.2 Å². The molecule has 96 valence electrons. The minimum absolute atomic E-state index is 0.0753. The number of aliphatic hydroxyl groups is 1. The summed E-state index contributed by atoms with van der Waals surface area (Å²) < 4.78 is 37.7. The van der Waals surface area contributed by atoms with Crippen LogP contribution in [0.25, 0.3) is 0 Å². The zero-order valence-electron chi connectivity index (χ0n) is 9.37. The van der Waals surface area contributed by atoms with Crippen molar-refractivity contribution in [1.82, 2.24) is 0 Å². The number of aliphatic hydroxyl groups excluding tert-OH is 1. The smallest absolute Gasteiger partial charge is 0.416 e. The van der Waals surface area contributed by atoms with E-state index < -0.39 is 11.7 Å². The zero-order valence-corrected chi connectivity index (χ0v) is 9.37. The maximum absolute atomic E-state index is 12.6. The lowest BCUT2D eigenvalue weighted by Gasteiger charge is -2.20. The van der Waals surface area contributed by atoms with Crippen molar-refractivity contribution in [1.29, 1.82) is 0 Å². The van der Waals surface area contributed by atoms with Crippen molar-refractivity contribution in [2.45, 2.75) is 24.9 Å². The molecular weight excluding hydrogens is 245 g/mol. The summed E-state index contributed by atoms with van der Waals surface area (Å²) in [6.07, 6.45) is -2.94. The SMILES string of the molecule is O=C1C=C(O)C[C@H](c2cccc(C(F)(F)F)c2)C1. The largest absolute Gasteiger partial charge is 0.512 e. The summed E-state index contributed by atoms with van der Waals surface area (Å²) in [7, 11) is 0. The Morgan fingerprint density at radius 1 is 1.22 bits per heavy atom. The second kappa shape index (κ2) is 4.48. The summed E-state index contributed by atoms with van der Waals surface area (Å²) in [6, 6.07) is 4.89. The third-order valence-corrected chi connectivity index (χ3v) is 2.92. The molecule has 0 amide bonds. The normalized spacial score (nSPS) is 20.7. The number of benzene rings is 1. The van der Waals surface area contributed by atoms with Crippen LogP contribution in [-0.4, -0.2) is 10.9 Å².